The van der Waals surface area contributed by atoms with E-state index in [0.29, 0.717) is 31.0 Å². The monoisotopic (exact) mass is 380 g/mol. The molecule has 1 heterocycles. The Labute approximate surface area is 153 Å². The first kappa shape index (κ1) is 18.2. The zero-order valence-electron chi connectivity index (χ0n) is 13.7. The molecule has 7 heteroatoms. The van der Waals surface area contributed by atoms with E-state index in [-0.39, 0.29) is 17.5 Å². The molecule has 0 radical (unpaired) electrons. The second kappa shape index (κ2) is 7.74. The molecule has 0 amide bonds. The van der Waals surface area contributed by atoms with Crippen LogP contribution in [0.4, 0.5) is 5.69 Å². The maximum atomic E-state index is 12.7. The number of piperidine rings is 1. The zero-order valence-corrected chi connectivity index (χ0v) is 15.3. The third-order valence-corrected chi connectivity index (χ3v) is 6.62. The van der Waals surface area contributed by atoms with Gasteiger partial charge in [-0.2, -0.15) is 4.31 Å². The van der Waals surface area contributed by atoms with Crippen molar-refractivity contribution in [2.75, 3.05) is 18.4 Å². The largest absolute Gasteiger partial charge is 0.392 e. The van der Waals surface area contributed by atoms with Crippen LogP contribution in [0.3, 0.4) is 0 Å². The third kappa shape index (κ3) is 4.15. The summed E-state index contributed by atoms with van der Waals surface area (Å²) in [6.07, 6.45) is 1.43. The summed E-state index contributed by atoms with van der Waals surface area (Å²) in [6, 6.07) is 14.1. The number of aliphatic hydroxyl groups is 1. The number of rotatable bonds is 5. The van der Waals surface area contributed by atoms with Gasteiger partial charge in [-0.15, -0.1) is 0 Å². The lowest BCUT2D eigenvalue weighted by Gasteiger charge is -2.32. The average Bonchev–Trinajstić information content (AvgIpc) is 2.63. The van der Waals surface area contributed by atoms with Gasteiger partial charge in [0.25, 0.3) is 0 Å². The highest BCUT2D eigenvalue weighted by molar-refractivity contribution is 7.89. The van der Waals surface area contributed by atoms with Gasteiger partial charge in [0, 0.05) is 35.4 Å². The van der Waals surface area contributed by atoms with E-state index >= 15 is 0 Å². The summed E-state index contributed by atoms with van der Waals surface area (Å²) in [7, 11) is -3.48. The Hall–Kier alpha value is -1.60. The van der Waals surface area contributed by atoms with Gasteiger partial charge < -0.3 is 10.4 Å². The fourth-order valence-electron chi connectivity index (χ4n) is 3.02. The molecule has 25 heavy (non-hydrogen) atoms. The van der Waals surface area contributed by atoms with Crippen LogP contribution in [0.5, 0.6) is 0 Å². The summed E-state index contributed by atoms with van der Waals surface area (Å²) >= 11 is 5.83. The topological polar surface area (TPSA) is 69.6 Å². The molecule has 0 aliphatic carbocycles. The van der Waals surface area contributed by atoms with Crippen molar-refractivity contribution in [3.63, 3.8) is 0 Å². The van der Waals surface area contributed by atoms with Gasteiger partial charge in [-0.1, -0.05) is 29.8 Å². The Morgan fingerprint density at radius 2 is 1.72 bits per heavy atom. The van der Waals surface area contributed by atoms with E-state index in [1.54, 1.807) is 24.3 Å². The molecular weight excluding hydrogens is 360 g/mol. The molecule has 0 spiro atoms. The number of para-hydroxylation sites is 1. The fraction of sp³-hybridized carbons (Fsp3) is 0.333. The van der Waals surface area contributed by atoms with Crippen LogP contribution in [-0.2, 0) is 16.6 Å². The highest BCUT2D eigenvalue weighted by Crippen LogP contribution is 2.25. The molecule has 0 bridgehead atoms. The first-order chi connectivity index (χ1) is 12.0. The van der Waals surface area contributed by atoms with Crippen LogP contribution < -0.4 is 5.32 Å². The number of sulfonamides is 1. The molecule has 0 unspecified atom stereocenters. The number of nitrogens with one attached hydrogen (secondary N) is 1. The quantitative estimate of drug-likeness (QED) is 0.836. The van der Waals surface area contributed by atoms with Gasteiger partial charge in [0.15, 0.2) is 0 Å². The summed E-state index contributed by atoms with van der Waals surface area (Å²) in [5.41, 5.74) is 1.75. The van der Waals surface area contributed by atoms with Crippen LogP contribution >= 0.6 is 11.6 Å². The van der Waals surface area contributed by atoms with Crippen molar-refractivity contribution in [1.29, 1.82) is 0 Å². The molecule has 2 N–H and O–H groups in total. The van der Waals surface area contributed by atoms with E-state index in [1.807, 2.05) is 24.3 Å². The molecule has 0 atom stereocenters. The summed E-state index contributed by atoms with van der Waals surface area (Å²) < 4.78 is 26.9. The molecule has 134 valence electrons. The van der Waals surface area contributed by atoms with Crippen molar-refractivity contribution in [3.05, 3.63) is 59.1 Å². The van der Waals surface area contributed by atoms with Gasteiger partial charge in [0.2, 0.25) is 10.0 Å². The van der Waals surface area contributed by atoms with Gasteiger partial charge in [-0.25, -0.2) is 8.42 Å². The lowest BCUT2D eigenvalue weighted by molar-refractivity contribution is 0.282. The van der Waals surface area contributed by atoms with E-state index in [2.05, 4.69) is 5.32 Å². The minimum absolute atomic E-state index is 0.0209. The van der Waals surface area contributed by atoms with Crippen molar-refractivity contribution in [1.82, 2.24) is 4.31 Å². The summed E-state index contributed by atoms with van der Waals surface area (Å²) in [6.45, 7) is 0.904. The highest BCUT2D eigenvalue weighted by atomic mass is 35.5. The van der Waals surface area contributed by atoms with Crippen molar-refractivity contribution >= 4 is 27.3 Å². The van der Waals surface area contributed by atoms with Crippen molar-refractivity contribution in [3.8, 4) is 0 Å². The van der Waals surface area contributed by atoms with Gasteiger partial charge in [-0.3, -0.25) is 0 Å². The number of hydrogen-bond donors (Lipinski definition) is 2. The van der Waals surface area contributed by atoms with Crippen molar-refractivity contribution in [2.45, 2.75) is 30.4 Å². The van der Waals surface area contributed by atoms with Gasteiger partial charge >= 0.3 is 0 Å². The van der Waals surface area contributed by atoms with E-state index in [0.717, 1.165) is 11.3 Å². The molecule has 2 aromatic carbocycles. The number of hydrogen-bond acceptors (Lipinski definition) is 4. The number of halogens is 1. The Kier molecular flexibility index (Phi) is 5.64. The fourth-order valence-corrected chi connectivity index (χ4v) is 4.61. The number of anilines is 1. The maximum Gasteiger partial charge on any atom is 0.243 e. The summed E-state index contributed by atoms with van der Waals surface area (Å²) in [5.74, 6) is 0. The first-order valence-corrected chi connectivity index (χ1v) is 10.0. The Balaban J connectivity index is 1.64. The molecule has 5 nitrogen and oxygen atoms in total. The Bertz CT molecular complexity index is 816. The smallest absolute Gasteiger partial charge is 0.243 e. The van der Waals surface area contributed by atoms with Crippen LogP contribution in [0.2, 0.25) is 5.02 Å². The normalized spacial score (nSPS) is 16.7. The van der Waals surface area contributed by atoms with Crippen molar-refractivity contribution < 1.29 is 13.5 Å². The molecule has 0 aromatic heterocycles. The molecule has 2 aromatic rings. The van der Waals surface area contributed by atoms with Gasteiger partial charge in [0.1, 0.15) is 0 Å². The molecule has 0 saturated carbocycles. The number of benzene rings is 2. The highest BCUT2D eigenvalue weighted by Gasteiger charge is 2.29. The number of nitrogens with zero attached hydrogens (tertiary/aromatic N) is 1. The van der Waals surface area contributed by atoms with Crippen LogP contribution in [0, 0.1) is 0 Å². The predicted octanol–water partition coefficient (Wildman–Crippen LogP) is 3.10. The third-order valence-electron chi connectivity index (χ3n) is 4.45. The SMILES string of the molecule is O=S(=O)(c1ccc(Cl)cc1)N1CCC(Nc2ccccc2CO)CC1. The molecule has 1 saturated heterocycles. The van der Waals surface area contributed by atoms with Crippen molar-refractivity contribution in [2.24, 2.45) is 0 Å². The molecule has 1 aliphatic heterocycles. The minimum atomic E-state index is -3.48. The van der Waals surface area contributed by atoms with Crippen LogP contribution in [0.25, 0.3) is 0 Å². The van der Waals surface area contributed by atoms with E-state index < -0.39 is 10.0 Å². The molecule has 1 fully saturated rings. The average molecular weight is 381 g/mol. The second-order valence-corrected chi connectivity index (χ2v) is 8.47. The predicted molar refractivity (Wildman–Crippen MR) is 99.2 cm³/mol. The minimum Gasteiger partial charge on any atom is -0.392 e. The van der Waals surface area contributed by atoms with Crippen LogP contribution in [0.1, 0.15) is 18.4 Å². The van der Waals surface area contributed by atoms with E-state index in [4.69, 9.17) is 11.6 Å². The van der Waals surface area contributed by atoms with Crippen LogP contribution in [-0.4, -0.2) is 37.0 Å². The Morgan fingerprint density at radius 1 is 1.08 bits per heavy atom. The first-order valence-electron chi connectivity index (χ1n) is 8.22. The lowest BCUT2D eigenvalue weighted by Crippen LogP contribution is -2.42. The maximum absolute atomic E-state index is 12.7. The summed E-state index contributed by atoms with van der Waals surface area (Å²) in [4.78, 5) is 0.272. The summed E-state index contributed by atoms with van der Waals surface area (Å²) in [5, 5.41) is 13.3. The zero-order chi connectivity index (χ0) is 17.9. The molecule has 1 aliphatic rings. The Morgan fingerprint density at radius 3 is 2.36 bits per heavy atom. The molecule has 3 rings (SSSR count). The van der Waals surface area contributed by atoms with E-state index in [1.165, 1.54) is 4.31 Å². The lowest BCUT2D eigenvalue weighted by atomic mass is 10.1. The molecular formula is C18H21ClN2O3S. The second-order valence-electron chi connectivity index (χ2n) is 6.09. The van der Waals surface area contributed by atoms with Gasteiger partial charge in [0.05, 0.1) is 11.5 Å². The van der Waals surface area contributed by atoms with Crippen LogP contribution in [0.15, 0.2) is 53.4 Å². The standard InChI is InChI=1S/C18H21ClN2O3S/c19-15-5-7-17(8-6-15)25(23,24)21-11-9-16(10-12-21)20-18-4-2-1-3-14(18)13-22/h1-8,16,20,22H,9-13H2. The van der Waals surface area contributed by atoms with E-state index in [9.17, 15) is 13.5 Å². The number of aliphatic hydroxyl groups excluding tert-OH is 1. The van der Waals surface area contributed by atoms with Gasteiger partial charge in [-0.05, 0) is 43.2 Å².